The molecule has 0 aromatic heterocycles. The van der Waals surface area contributed by atoms with Crippen LogP contribution in [-0.2, 0) is 4.79 Å². The Morgan fingerprint density at radius 1 is 1.43 bits per heavy atom. The normalized spacial score (nSPS) is 10.2. The molecule has 0 atom stereocenters. The number of nitro groups is 1. The first kappa shape index (κ1) is 18.8. The van der Waals surface area contributed by atoms with Gasteiger partial charge in [0, 0.05) is 20.0 Å². The molecule has 23 heavy (non-hydrogen) atoms. The molecule has 0 aliphatic carbocycles. The Balaban J connectivity index is 3.11. The van der Waals surface area contributed by atoms with Gasteiger partial charge in [0.05, 0.1) is 23.0 Å². The largest absolute Gasteiger partial charge is 0.495 e. The van der Waals surface area contributed by atoms with E-state index in [1.54, 1.807) is 6.26 Å². The van der Waals surface area contributed by atoms with Crippen molar-refractivity contribution in [2.24, 2.45) is 0 Å². The number of rotatable bonds is 8. The van der Waals surface area contributed by atoms with Crippen LogP contribution in [0.1, 0.15) is 23.2 Å². The second kappa shape index (κ2) is 8.37. The van der Waals surface area contributed by atoms with E-state index in [1.807, 2.05) is 0 Å². The lowest BCUT2D eigenvalue weighted by atomic mass is 10.1. The summed E-state index contributed by atoms with van der Waals surface area (Å²) in [5.41, 5.74) is -0.382. The lowest BCUT2D eigenvalue weighted by molar-refractivity contribution is -0.385. The third-order valence-corrected chi connectivity index (χ3v) is 3.92. The van der Waals surface area contributed by atoms with E-state index < -0.39 is 16.8 Å². The summed E-state index contributed by atoms with van der Waals surface area (Å²) in [5, 5.41) is 19.8. The predicted octanol–water partition coefficient (Wildman–Crippen LogP) is 2.26. The zero-order chi connectivity index (χ0) is 17.6. The van der Waals surface area contributed by atoms with Crippen LogP contribution in [0.3, 0.4) is 0 Å². The number of carbonyl (C=O) groups is 2. The third-order valence-electron chi connectivity index (χ3n) is 3.16. The highest BCUT2D eigenvalue weighted by molar-refractivity contribution is 7.98. The van der Waals surface area contributed by atoms with Gasteiger partial charge in [0.1, 0.15) is 11.3 Å². The number of thioether (sulfide) groups is 1. The summed E-state index contributed by atoms with van der Waals surface area (Å²) in [6.45, 7) is 0.197. The van der Waals surface area contributed by atoms with Gasteiger partial charge in [-0.3, -0.25) is 19.7 Å². The van der Waals surface area contributed by atoms with E-state index in [4.69, 9.17) is 9.84 Å². The molecule has 0 heterocycles. The van der Waals surface area contributed by atoms with E-state index in [2.05, 4.69) is 0 Å². The number of carboxylic acids is 1. The molecule has 1 aromatic carbocycles. The molecular formula is C14H18N2O6S. The minimum Gasteiger partial charge on any atom is -0.495 e. The van der Waals surface area contributed by atoms with Crippen LogP contribution in [-0.4, -0.2) is 53.8 Å². The fourth-order valence-electron chi connectivity index (χ4n) is 1.97. The van der Waals surface area contributed by atoms with Gasteiger partial charge in [0.2, 0.25) is 0 Å². The molecule has 1 N–H and O–H groups in total. The molecule has 126 valence electrons. The molecule has 0 saturated carbocycles. The maximum atomic E-state index is 12.4. The highest BCUT2D eigenvalue weighted by atomic mass is 32.2. The van der Waals surface area contributed by atoms with E-state index in [1.165, 1.54) is 43.0 Å². The molecule has 8 nitrogen and oxygen atoms in total. The van der Waals surface area contributed by atoms with Crippen molar-refractivity contribution in [3.63, 3.8) is 0 Å². The van der Waals surface area contributed by atoms with Gasteiger partial charge in [-0.05, 0) is 18.7 Å². The van der Waals surface area contributed by atoms with Crippen LogP contribution in [0.5, 0.6) is 5.75 Å². The molecule has 0 unspecified atom stereocenters. The summed E-state index contributed by atoms with van der Waals surface area (Å²) in [7, 11) is 2.88. The molecule has 1 amide bonds. The Labute approximate surface area is 137 Å². The molecular weight excluding hydrogens is 324 g/mol. The molecule has 0 saturated heterocycles. The minimum absolute atomic E-state index is 0.0435. The van der Waals surface area contributed by atoms with Crippen LogP contribution in [0.2, 0.25) is 0 Å². The Bertz CT molecular complexity index is 620. The van der Waals surface area contributed by atoms with Crippen molar-refractivity contribution in [2.75, 3.05) is 27.0 Å². The number of hydrogen-bond donors (Lipinski definition) is 1. The zero-order valence-electron chi connectivity index (χ0n) is 13.1. The first-order chi connectivity index (χ1) is 10.8. The number of benzene rings is 1. The molecule has 0 aliphatic heterocycles. The van der Waals surface area contributed by atoms with Crippen molar-refractivity contribution >= 4 is 29.3 Å². The van der Waals surface area contributed by atoms with Crippen molar-refractivity contribution < 1.29 is 24.4 Å². The summed E-state index contributed by atoms with van der Waals surface area (Å²) in [6.07, 6.45) is 1.98. The molecule has 0 aliphatic rings. The summed E-state index contributed by atoms with van der Waals surface area (Å²) in [6, 6.07) is 2.65. The number of carbonyl (C=O) groups excluding carboxylic acids is 1. The van der Waals surface area contributed by atoms with E-state index in [-0.39, 0.29) is 30.6 Å². The number of nitrogens with zero attached hydrogens (tertiary/aromatic N) is 2. The highest BCUT2D eigenvalue weighted by Gasteiger charge is 2.26. The number of methoxy groups -OCH3 is 1. The maximum Gasteiger partial charge on any atom is 0.303 e. The molecule has 0 radical (unpaired) electrons. The van der Waals surface area contributed by atoms with Gasteiger partial charge in [-0.15, -0.1) is 11.8 Å². The van der Waals surface area contributed by atoms with Crippen molar-refractivity contribution in [3.8, 4) is 5.75 Å². The topological polar surface area (TPSA) is 110 Å². The van der Waals surface area contributed by atoms with E-state index >= 15 is 0 Å². The van der Waals surface area contributed by atoms with E-state index in [9.17, 15) is 19.7 Å². The monoisotopic (exact) mass is 342 g/mol. The smallest absolute Gasteiger partial charge is 0.303 e. The van der Waals surface area contributed by atoms with Crippen molar-refractivity contribution in [1.82, 2.24) is 4.90 Å². The lowest BCUT2D eigenvalue weighted by Gasteiger charge is -2.17. The molecule has 9 heteroatoms. The van der Waals surface area contributed by atoms with Gasteiger partial charge >= 0.3 is 5.97 Å². The van der Waals surface area contributed by atoms with Crippen LogP contribution in [0, 0.1) is 10.1 Å². The van der Waals surface area contributed by atoms with Crippen LogP contribution < -0.4 is 4.74 Å². The average Bonchev–Trinajstić information content (AvgIpc) is 2.52. The second-order valence-corrected chi connectivity index (χ2v) is 5.55. The first-order valence-electron chi connectivity index (χ1n) is 6.69. The number of nitro benzene ring substituents is 1. The van der Waals surface area contributed by atoms with Crippen LogP contribution in [0.4, 0.5) is 5.69 Å². The number of ether oxygens (including phenoxy) is 1. The fourth-order valence-corrected chi connectivity index (χ4v) is 2.54. The SMILES string of the molecule is COc1cc([N+](=O)[O-])c(C(=O)N(C)CCCC(=O)O)cc1SC. The fraction of sp³-hybridized carbons (Fsp3) is 0.429. The van der Waals surface area contributed by atoms with Gasteiger partial charge in [-0.1, -0.05) is 0 Å². The Morgan fingerprint density at radius 3 is 2.57 bits per heavy atom. The zero-order valence-corrected chi connectivity index (χ0v) is 13.9. The standard InChI is InChI=1S/C14H18N2O6S/c1-15(6-4-5-13(17)18)14(19)9-7-12(23-3)11(22-2)8-10(9)16(20)21/h7-8H,4-6H2,1-3H3,(H,17,18). The quantitative estimate of drug-likeness (QED) is 0.438. The van der Waals surface area contributed by atoms with Crippen molar-refractivity contribution in [3.05, 3.63) is 27.8 Å². The molecule has 0 bridgehead atoms. The highest BCUT2D eigenvalue weighted by Crippen LogP contribution is 2.34. The Morgan fingerprint density at radius 2 is 2.09 bits per heavy atom. The summed E-state index contributed by atoms with van der Waals surface area (Å²) in [4.78, 5) is 35.4. The van der Waals surface area contributed by atoms with E-state index in [0.717, 1.165) is 0 Å². The van der Waals surface area contributed by atoms with Gasteiger partial charge < -0.3 is 14.7 Å². The molecule has 1 rings (SSSR count). The molecule has 0 spiro atoms. The third kappa shape index (κ3) is 4.85. The van der Waals surface area contributed by atoms with Crippen LogP contribution in [0.25, 0.3) is 0 Å². The van der Waals surface area contributed by atoms with Gasteiger partial charge in [0.25, 0.3) is 11.6 Å². The minimum atomic E-state index is -0.953. The Hall–Kier alpha value is -2.29. The van der Waals surface area contributed by atoms with E-state index in [0.29, 0.717) is 10.6 Å². The molecule has 1 aromatic rings. The number of aliphatic carboxylic acids is 1. The van der Waals surface area contributed by atoms with Crippen molar-refractivity contribution in [2.45, 2.75) is 17.7 Å². The van der Waals surface area contributed by atoms with Crippen LogP contribution in [0.15, 0.2) is 17.0 Å². The van der Waals surface area contributed by atoms with Gasteiger partial charge in [-0.2, -0.15) is 0 Å². The number of amides is 1. The average molecular weight is 342 g/mol. The lowest BCUT2D eigenvalue weighted by Crippen LogP contribution is -2.28. The van der Waals surface area contributed by atoms with Crippen molar-refractivity contribution in [1.29, 1.82) is 0 Å². The number of hydrogen-bond acceptors (Lipinski definition) is 6. The predicted molar refractivity (Wildman–Crippen MR) is 85.3 cm³/mol. The van der Waals surface area contributed by atoms with Crippen LogP contribution >= 0.6 is 11.8 Å². The summed E-state index contributed by atoms with van der Waals surface area (Å²) in [5.74, 6) is -1.15. The first-order valence-corrected chi connectivity index (χ1v) is 7.92. The van der Waals surface area contributed by atoms with Gasteiger partial charge in [-0.25, -0.2) is 0 Å². The maximum absolute atomic E-state index is 12.4. The second-order valence-electron chi connectivity index (χ2n) is 4.71. The van der Waals surface area contributed by atoms with Gasteiger partial charge in [0.15, 0.2) is 0 Å². The molecule has 0 fully saturated rings. The number of carboxylic acid groups (broad SMARTS) is 1. The summed E-state index contributed by atoms with van der Waals surface area (Å²) >= 11 is 1.31. The summed E-state index contributed by atoms with van der Waals surface area (Å²) < 4.78 is 5.10. The Kier molecular flexibility index (Phi) is 6.83.